The van der Waals surface area contributed by atoms with Gasteiger partial charge in [0.25, 0.3) is 0 Å². The Balaban J connectivity index is 1.86. The molecule has 0 heterocycles. The first-order chi connectivity index (χ1) is 14.6. The molecule has 0 fully saturated rings. The van der Waals surface area contributed by atoms with Gasteiger partial charge in [-0.3, -0.25) is 0 Å². The van der Waals surface area contributed by atoms with E-state index in [0.717, 1.165) is 3.63 Å². The van der Waals surface area contributed by atoms with Crippen LogP contribution in [0.5, 0.6) is 0 Å². The Kier molecular flexibility index (Phi) is 6.49. The second-order valence-corrected chi connectivity index (χ2v) is 18.7. The number of benzene rings is 1. The third kappa shape index (κ3) is 4.68. The summed E-state index contributed by atoms with van der Waals surface area (Å²) in [6.07, 6.45) is 14.4. The van der Waals surface area contributed by atoms with Crippen LogP contribution in [0.1, 0.15) is 86.1 Å². The Morgan fingerprint density at radius 3 is 2.19 bits per heavy atom. The molecule has 1 aromatic rings. The molecule has 164 valence electrons. The summed E-state index contributed by atoms with van der Waals surface area (Å²) < 4.78 is 4.28. The predicted octanol–water partition coefficient (Wildman–Crippen LogP) is 8.75. The van der Waals surface area contributed by atoms with Crippen LogP contribution >= 0.6 is 0 Å². The summed E-state index contributed by atoms with van der Waals surface area (Å²) in [5.74, 6) is 0. The van der Waals surface area contributed by atoms with Gasteiger partial charge in [-0.15, -0.1) is 0 Å². The molecule has 0 saturated heterocycles. The molecule has 0 saturated carbocycles. The van der Waals surface area contributed by atoms with E-state index in [0.29, 0.717) is 0 Å². The summed E-state index contributed by atoms with van der Waals surface area (Å²) in [5, 5.41) is 0. The molecule has 0 bridgehead atoms. The SMILES string of the molecule is C/[C](c1ccccc1)=[Zr](/[C]1=CC(C(C)(C)C)=C(C(C)(C)C)C1)[CH]1C=CC2=C1CCCC2. The van der Waals surface area contributed by atoms with Crippen LogP contribution in [0.2, 0.25) is 3.63 Å². The fourth-order valence-electron chi connectivity index (χ4n) is 5.72. The van der Waals surface area contributed by atoms with E-state index in [2.05, 4.69) is 97.0 Å². The Hall–Kier alpha value is -1.07. The maximum absolute atomic E-state index is 2.69. The molecule has 0 aromatic heterocycles. The van der Waals surface area contributed by atoms with Crippen molar-refractivity contribution in [3.05, 3.63) is 79.7 Å². The first-order valence-corrected chi connectivity index (χ1v) is 16.1. The molecular weight excluding hydrogens is 452 g/mol. The van der Waals surface area contributed by atoms with Crippen molar-refractivity contribution >= 4 is 3.21 Å². The summed E-state index contributed by atoms with van der Waals surface area (Å²) in [4.78, 5) is 0. The van der Waals surface area contributed by atoms with Crippen molar-refractivity contribution in [1.29, 1.82) is 0 Å². The molecule has 0 N–H and O–H groups in total. The second-order valence-electron chi connectivity index (χ2n) is 11.7. The molecule has 0 nitrogen and oxygen atoms in total. The van der Waals surface area contributed by atoms with Crippen LogP contribution in [0.3, 0.4) is 0 Å². The van der Waals surface area contributed by atoms with Gasteiger partial charge in [0.05, 0.1) is 0 Å². The third-order valence-electron chi connectivity index (χ3n) is 7.41. The van der Waals surface area contributed by atoms with Gasteiger partial charge < -0.3 is 0 Å². The van der Waals surface area contributed by atoms with Gasteiger partial charge in [0.15, 0.2) is 0 Å². The molecule has 1 heteroatoms. The summed E-state index contributed by atoms with van der Waals surface area (Å²) in [5.41, 5.74) is 8.74. The monoisotopic (exact) mass is 490 g/mol. The molecule has 0 amide bonds. The predicted molar refractivity (Wildman–Crippen MR) is 133 cm³/mol. The molecule has 0 radical (unpaired) electrons. The van der Waals surface area contributed by atoms with Gasteiger partial charge in [-0.1, -0.05) is 0 Å². The van der Waals surface area contributed by atoms with Crippen LogP contribution in [0, 0.1) is 10.8 Å². The summed E-state index contributed by atoms with van der Waals surface area (Å²) in [6, 6.07) is 11.3. The summed E-state index contributed by atoms with van der Waals surface area (Å²) in [6.45, 7) is 16.9. The fourth-order valence-corrected chi connectivity index (χ4v) is 14.2. The van der Waals surface area contributed by atoms with Crippen molar-refractivity contribution in [3.8, 4) is 0 Å². The first kappa shape index (κ1) is 23.1. The van der Waals surface area contributed by atoms with Crippen LogP contribution in [-0.4, -0.2) is 3.21 Å². The number of rotatable bonds is 3. The van der Waals surface area contributed by atoms with Crippen molar-refractivity contribution in [3.63, 3.8) is 0 Å². The van der Waals surface area contributed by atoms with Gasteiger partial charge in [0.1, 0.15) is 0 Å². The average Bonchev–Trinajstić information content (AvgIpc) is 3.34. The number of allylic oxidation sites excluding steroid dienone is 8. The Morgan fingerprint density at radius 2 is 1.58 bits per heavy atom. The van der Waals surface area contributed by atoms with Gasteiger partial charge >= 0.3 is 199 Å². The Labute approximate surface area is 198 Å². The maximum atomic E-state index is 2.69. The molecule has 1 aromatic carbocycles. The van der Waals surface area contributed by atoms with Gasteiger partial charge in [0.2, 0.25) is 0 Å². The summed E-state index contributed by atoms with van der Waals surface area (Å²) in [7, 11) is 0. The van der Waals surface area contributed by atoms with Crippen molar-refractivity contribution < 1.29 is 21.3 Å². The molecule has 0 aliphatic heterocycles. The third-order valence-corrected chi connectivity index (χ3v) is 15.5. The second kappa shape index (κ2) is 8.70. The van der Waals surface area contributed by atoms with Crippen molar-refractivity contribution in [2.75, 3.05) is 0 Å². The number of hydrogen-bond donors (Lipinski definition) is 0. The zero-order chi connectivity index (χ0) is 22.4. The molecule has 3 aliphatic carbocycles. The van der Waals surface area contributed by atoms with E-state index < -0.39 is 21.3 Å². The molecule has 0 spiro atoms. The van der Waals surface area contributed by atoms with Crippen LogP contribution in [0.15, 0.2) is 74.1 Å². The quantitative estimate of drug-likeness (QED) is 0.396. The van der Waals surface area contributed by atoms with Crippen molar-refractivity contribution in [2.45, 2.75) is 84.2 Å². The van der Waals surface area contributed by atoms with Gasteiger partial charge in [-0.05, 0) is 0 Å². The summed E-state index contributed by atoms with van der Waals surface area (Å²) >= 11 is -2.15. The zero-order valence-corrected chi connectivity index (χ0v) is 23.2. The fraction of sp³-hybridized carbons (Fsp3) is 0.500. The van der Waals surface area contributed by atoms with E-state index in [4.69, 9.17) is 0 Å². The van der Waals surface area contributed by atoms with E-state index in [1.165, 1.54) is 37.7 Å². The minimum absolute atomic E-state index is 0.208. The van der Waals surface area contributed by atoms with E-state index in [-0.39, 0.29) is 10.8 Å². The normalized spacial score (nSPS) is 22.7. The minimum atomic E-state index is -2.15. The van der Waals surface area contributed by atoms with Gasteiger partial charge in [-0.2, -0.15) is 0 Å². The molecule has 1 atom stereocenters. The van der Waals surface area contributed by atoms with Crippen LogP contribution in [0.4, 0.5) is 0 Å². The van der Waals surface area contributed by atoms with Crippen molar-refractivity contribution in [2.24, 2.45) is 10.8 Å². The average molecular weight is 492 g/mol. The molecule has 4 rings (SSSR count). The molecule has 1 unspecified atom stereocenters. The molecule has 3 aliphatic rings. The van der Waals surface area contributed by atoms with Crippen molar-refractivity contribution in [1.82, 2.24) is 0 Å². The topological polar surface area (TPSA) is 0 Å². The zero-order valence-electron chi connectivity index (χ0n) is 20.7. The van der Waals surface area contributed by atoms with Gasteiger partial charge in [-0.25, -0.2) is 0 Å². The number of hydrogen-bond acceptors (Lipinski definition) is 0. The van der Waals surface area contributed by atoms with Crippen LogP contribution < -0.4 is 0 Å². The standard InChI is InChI=1S/C13H21.C9H11.C8H8.Zr/c1-12(2,3)10-8-7-9-11(10)13(4,5)6;1-2-5-9-7-3-6-8(9)4-1;1-2-8-6-4-3-5-7-8;/h8H,9H2,1-6H3;3,6-7H,1-2,4-5H2;3-7H,1H3;. The van der Waals surface area contributed by atoms with E-state index in [9.17, 15) is 0 Å². The van der Waals surface area contributed by atoms with Gasteiger partial charge in [0, 0.05) is 0 Å². The van der Waals surface area contributed by atoms with Crippen LogP contribution in [-0.2, 0) is 21.3 Å². The first-order valence-electron chi connectivity index (χ1n) is 12.2. The Bertz CT molecular complexity index is 1010. The van der Waals surface area contributed by atoms with E-state index in [1.54, 1.807) is 19.9 Å². The van der Waals surface area contributed by atoms with E-state index >= 15 is 0 Å². The molecular formula is C30H40Zr. The molecule has 31 heavy (non-hydrogen) atoms. The van der Waals surface area contributed by atoms with E-state index in [1.807, 2.05) is 8.85 Å². The van der Waals surface area contributed by atoms with Crippen LogP contribution in [0.25, 0.3) is 0 Å². The Morgan fingerprint density at radius 1 is 0.903 bits per heavy atom.